The lowest BCUT2D eigenvalue weighted by molar-refractivity contribution is -0.137. The molecule has 0 saturated heterocycles. The van der Waals surface area contributed by atoms with Crippen molar-refractivity contribution in [2.75, 3.05) is 30.2 Å². The van der Waals surface area contributed by atoms with Crippen molar-refractivity contribution in [1.29, 1.82) is 0 Å². The van der Waals surface area contributed by atoms with Gasteiger partial charge in [0.05, 0.1) is 24.5 Å². The molecule has 1 aromatic heterocycles. The first-order valence-corrected chi connectivity index (χ1v) is 14.0. The quantitative estimate of drug-likeness (QED) is 0.288. The van der Waals surface area contributed by atoms with Crippen LogP contribution in [0.5, 0.6) is 5.75 Å². The third kappa shape index (κ3) is 7.90. The lowest BCUT2D eigenvalue weighted by atomic mass is 10.1. The minimum atomic E-state index is -4.50. The number of rotatable bonds is 12. The van der Waals surface area contributed by atoms with Crippen molar-refractivity contribution < 1.29 is 27.5 Å². The van der Waals surface area contributed by atoms with E-state index < -0.39 is 23.7 Å². The molecule has 0 spiro atoms. The number of carbonyl (C=O) groups is 2. The van der Waals surface area contributed by atoms with Crippen molar-refractivity contribution in [2.45, 2.75) is 37.3 Å². The van der Waals surface area contributed by atoms with Crippen LogP contribution in [0.2, 0.25) is 0 Å². The number of benzene rings is 2. The van der Waals surface area contributed by atoms with E-state index in [2.05, 4.69) is 20.8 Å². The van der Waals surface area contributed by atoms with Crippen LogP contribution in [-0.2, 0) is 17.5 Å². The minimum Gasteiger partial charge on any atom is -0.497 e. The third-order valence-electron chi connectivity index (χ3n) is 5.45. The number of carbonyl (C=O) groups excluding carboxylic acids is 2. The molecule has 1 atom stereocenters. The highest BCUT2D eigenvalue weighted by Crippen LogP contribution is 2.31. The summed E-state index contributed by atoms with van der Waals surface area (Å²) in [5, 5.41) is 14.5. The molecule has 2 N–H and O–H groups in total. The first-order chi connectivity index (χ1) is 18.2. The average molecular weight is 568 g/mol. The highest BCUT2D eigenvalue weighted by molar-refractivity contribution is 7.99. The summed E-state index contributed by atoms with van der Waals surface area (Å²) in [6, 6.07) is 10.8. The number of halogens is 3. The first kappa shape index (κ1) is 29.4. The Labute approximate surface area is 227 Å². The number of amides is 2. The van der Waals surface area contributed by atoms with Gasteiger partial charge in [0.2, 0.25) is 5.91 Å². The van der Waals surface area contributed by atoms with E-state index in [1.54, 1.807) is 43.1 Å². The summed E-state index contributed by atoms with van der Waals surface area (Å²) in [5.74, 6) is 1.15. The molecule has 3 aromatic rings. The smallest absolute Gasteiger partial charge is 0.416 e. The zero-order chi connectivity index (χ0) is 27.7. The van der Waals surface area contributed by atoms with Crippen molar-refractivity contribution in [2.24, 2.45) is 0 Å². The molecule has 2 amide bonds. The van der Waals surface area contributed by atoms with E-state index in [0.29, 0.717) is 35.3 Å². The number of thioether (sulfide) groups is 2. The van der Waals surface area contributed by atoms with Gasteiger partial charge in [0.1, 0.15) is 5.75 Å². The molecule has 1 unspecified atom stereocenters. The SMILES string of the molecule is CCn1c(SCC(=O)Nc2cccc(C(F)(F)F)c2)nnc1C(CCSC)NC(=O)c1ccc(OC)cc1. The van der Waals surface area contributed by atoms with Crippen LogP contribution in [-0.4, -0.2) is 51.5 Å². The summed E-state index contributed by atoms with van der Waals surface area (Å²) in [5.41, 5.74) is -0.309. The van der Waals surface area contributed by atoms with Gasteiger partial charge in [0, 0.05) is 17.8 Å². The first-order valence-electron chi connectivity index (χ1n) is 11.6. The zero-order valence-corrected chi connectivity index (χ0v) is 22.7. The number of alkyl halides is 3. The van der Waals surface area contributed by atoms with Crippen molar-refractivity contribution in [3.8, 4) is 5.75 Å². The number of methoxy groups -OCH3 is 1. The van der Waals surface area contributed by atoms with Gasteiger partial charge in [-0.25, -0.2) is 0 Å². The highest BCUT2D eigenvalue weighted by atomic mass is 32.2. The minimum absolute atomic E-state index is 0.0569. The Kier molecular flexibility index (Phi) is 10.5. The van der Waals surface area contributed by atoms with Crippen LogP contribution < -0.4 is 15.4 Å². The molecule has 13 heteroatoms. The van der Waals surface area contributed by atoms with E-state index in [4.69, 9.17) is 4.74 Å². The second-order valence-corrected chi connectivity index (χ2v) is 9.96. The molecule has 0 fully saturated rings. The number of nitrogens with zero attached hydrogens (tertiary/aromatic N) is 3. The van der Waals surface area contributed by atoms with Gasteiger partial charge in [-0.2, -0.15) is 24.9 Å². The van der Waals surface area contributed by atoms with E-state index in [9.17, 15) is 22.8 Å². The Morgan fingerprint density at radius 1 is 1.13 bits per heavy atom. The molecule has 0 aliphatic carbocycles. The molecule has 0 radical (unpaired) electrons. The molecule has 2 aromatic carbocycles. The summed E-state index contributed by atoms with van der Waals surface area (Å²) in [6.07, 6.45) is -1.92. The van der Waals surface area contributed by atoms with E-state index in [-0.39, 0.29) is 17.3 Å². The monoisotopic (exact) mass is 567 g/mol. The Hall–Kier alpha value is -3.19. The standard InChI is InChI=1S/C25H28F3N5O3S2/c1-4-33-22(20(12-13-37-3)30-23(35)16-8-10-19(36-2)11-9-16)31-32-24(33)38-15-21(34)29-18-7-5-6-17(14-18)25(26,27)28/h5-11,14,20H,4,12-13,15H2,1-3H3,(H,29,34)(H,30,35). The predicted molar refractivity (Wildman–Crippen MR) is 143 cm³/mol. The summed E-state index contributed by atoms with van der Waals surface area (Å²) < 4.78 is 45.8. The lowest BCUT2D eigenvalue weighted by Crippen LogP contribution is -2.31. The predicted octanol–water partition coefficient (Wildman–Crippen LogP) is 5.28. The number of anilines is 1. The maximum absolute atomic E-state index is 12.9. The number of nitrogens with one attached hydrogen (secondary N) is 2. The van der Waals surface area contributed by atoms with E-state index in [1.807, 2.05) is 17.7 Å². The normalized spacial score (nSPS) is 12.2. The zero-order valence-electron chi connectivity index (χ0n) is 21.0. The van der Waals surface area contributed by atoms with Gasteiger partial charge in [0.15, 0.2) is 11.0 Å². The van der Waals surface area contributed by atoms with Crippen molar-refractivity contribution in [1.82, 2.24) is 20.1 Å². The fourth-order valence-electron chi connectivity index (χ4n) is 3.55. The molecule has 38 heavy (non-hydrogen) atoms. The van der Waals surface area contributed by atoms with Crippen LogP contribution in [0.15, 0.2) is 53.7 Å². The molecule has 204 valence electrons. The summed E-state index contributed by atoms with van der Waals surface area (Å²) in [4.78, 5) is 25.4. The van der Waals surface area contributed by atoms with Crippen LogP contribution in [0.25, 0.3) is 0 Å². The average Bonchev–Trinajstić information content (AvgIpc) is 3.32. The number of aromatic nitrogens is 3. The Balaban J connectivity index is 1.70. The van der Waals surface area contributed by atoms with Gasteiger partial charge in [-0.15, -0.1) is 10.2 Å². The lowest BCUT2D eigenvalue weighted by Gasteiger charge is -2.19. The Bertz CT molecular complexity index is 1240. The van der Waals surface area contributed by atoms with Crippen molar-refractivity contribution in [3.05, 3.63) is 65.5 Å². The molecule has 8 nitrogen and oxygen atoms in total. The molecule has 1 heterocycles. The number of hydrogen-bond donors (Lipinski definition) is 2. The number of hydrogen-bond acceptors (Lipinski definition) is 7. The van der Waals surface area contributed by atoms with Crippen LogP contribution in [0.1, 0.15) is 41.1 Å². The van der Waals surface area contributed by atoms with Crippen molar-refractivity contribution in [3.63, 3.8) is 0 Å². The Morgan fingerprint density at radius 3 is 2.50 bits per heavy atom. The molecule has 0 aliphatic rings. The highest BCUT2D eigenvalue weighted by Gasteiger charge is 2.30. The third-order valence-corrected chi connectivity index (χ3v) is 7.06. The topological polar surface area (TPSA) is 98.1 Å². The van der Waals surface area contributed by atoms with Crippen LogP contribution in [0, 0.1) is 0 Å². The van der Waals surface area contributed by atoms with E-state index in [0.717, 1.165) is 29.6 Å². The van der Waals surface area contributed by atoms with Crippen molar-refractivity contribution >= 4 is 41.0 Å². The second kappa shape index (κ2) is 13.6. The van der Waals surface area contributed by atoms with Gasteiger partial charge in [-0.3, -0.25) is 9.59 Å². The van der Waals surface area contributed by atoms with Gasteiger partial charge >= 0.3 is 6.18 Å². The molecular formula is C25H28F3N5O3S2. The van der Waals surface area contributed by atoms with Gasteiger partial charge < -0.3 is 19.9 Å². The molecule has 0 saturated carbocycles. The molecule has 3 rings (SSSR count). The van der Waals surface area contributed by atoms with Gasteiger partial charge in [-0.1, -0.05) is 17.8 Å². The fraction of sp³-hybridized carbons (Fsp3) is 0.360. The van der Waals surface area contributed by atoms with Gasteiger partial charge in [-0.05, 0) is 67.8 Å². The van der Waals surface area contributed by atoms with E-state index >= 15 is 0 Å². The Morgan fingerprint density at radius 2 is 1.87 bits per heavy atom. The molecular weight excluding hydrogens is 539 g/mol. The summed E-state index contributed by atoms with van der Waals surface area (Å²) >= 11 is 2.75. The van der Waals surface area contributed by atoms with E-state index in [1.165, 1.54) is 12.1 Å². The fourth-order valence-corrected chi connectivity index (χ4v) is 4.83. The van der Waals surface area contributed by atoms with Crippen LogP contribution in [0.3, 0.4) is 0 Å². The molecule has 0 aliphatic heterocycles. The summed E-state index contributed by atoms with van der Waals surface area (Å²) in [7, 11) is 1.55. The molecule has 0 bridgehead atoms. The summed E-state index contributed by atoms with van der Waals surface area (Å²) in [6.45, 7) is 2.39. The van der Waals surface area contributed by atoms with Gasteiger partial charge in [0.25, 0.3) is 5.91 Å². The number of ether oxygens (including phenoxy) is 1. The maximum Gasteiger partial charge on any atom is 0.416 e. The second-order valence-electron chi connectivity index (χ2n) is 8.04. The maximum atomic E-state index is 12.9. The largest absolute Gasteiger partial charge is 0.497 e. The van der Waals surface area contributed by atoms with Crippen LogP contribution >= 0.6 is 23.5 Å². The van der Waals surface area contributed by atoms with Crippen LogP contribution in [0.4, 0.5) is 18.9 Å².